The molecule has 2 aliphatic rings. The predicted octanol–water partition coefficient (Wildman–Crippen LogP) is 3.46. The van der Waals surface area contributed by atoms with Gasteiger partial charge in [-0.25, -0.2) is 0 Å². The van der Waals surface area contributed by atoms with Crippen molar-refractivity contribution in [2.45, 2.75) is 24.6 Å². The van der Waals surface area contributed by atoms with Crippen LogP contribution in [0, 0.1) is 5.92 Å². The van der Waals surface area contributed by atoms with E-state index in [1.54, 1.807) is 0 Å². The monoisotopic (exact) mass is 363 g/mol. The summed E-state index contributed by atoms with van der Waals surface area (Å²) in [6.45, 7) is -0.490. The number of halogens is 4. The zero-order valence-electron chi connectivity index (χ0n) is 12.9. The fourth-order valence-electron chi connectivity index (χ4n) is 2.59. The third kappa shape index (κ3) is 3.25. The molecule has 0 amide bonds. The van der Waals surface area contributed by atoms with Crippen LogP contribution >= 0.6 is 11.6 Å². The van der Waals surface area contributed by atoms with Gasteiger partial charge in [0.05, 0.1) is 13.2 Å². The van der Waals surface area contributed by atoms with Crippen molar-refractivity contribution in [3.63, 3.8) is 0 Å². The summed E-state index contributed by atoms with van der Waals surface area (Å²) in [6, 6.07) is 4.25. The van der Waals surface area contributed by atoms with Crippen molar-refractivity contribution in [2.24, 2.45) is 11.1 Å². The number of guanidine groups is 1. The van der Waals surface area contributed by atoms with Gasteiger partial charge < -0.3 is 20.2 Å². The Bertz CT molecular complexity index is 649. The van der Waals surface area contributed by atoms with Gasteiger partial charge in [0.1, 0.15) is 7.11 Å². The smallest absolute Gasteiger partial charge is 0.396 e. The molecule has 0 bridgehead atoms. The van der Waals surface area contributed by atoms with Gasteiger partial charge in [0.15, 0.2) is 0 Å². The quantitative estimate of drug-likeness (QED) is 0.804. The Morgan fingerprint density at radius 1 is 1.38 bits per heavy atom. The lowest BCUT2D eigenvalue weighted by Gasteiger charge is -2.35. The van der Waals surface area contributed by atoms with Crippen molar-refractivity contribution in [1.29, 1.82) is 0 Å². The van der Waals surface area contributed by atoms with Gasteiger partial charge in [0.25, 0.3) is 0 Å². The second-order valence-corrected chi connectivity index (χ2v) is 6.31. The molecule has 1 aliphatic heterocycles. The number of hydrogen-bond acceptors (Lipinski definition) is 3. The molecule has 5 nitrogen and oxygen atoms in total. The maximum absolute atomic E-state index is 14.1. The summed E-state index contributed by atoms with van der Waals surface area (Å²) >= 11 is 5.95. The molecule has 0 spiro atoms. The number of alkyl halides is 3. The molecule has 3 rings (SSSR count). The van der Waals surface area contributed by atoms with Crippen molar-refractivity contribution in [3.8, 4) is 0 Å². The number of benzene rings is 1. The largest absolute Gasteiger partial charge is 0.423 e. The van der Waals surface area contributed by atoms with Gasteiger partial charge in [0, 0.05) is 16.3 Å². The van der Waals surface area contributed by atoms with Gasteiger partial charge >= 0.3 is 6.18 Å². The molecule has 1 aromatic carbocycles. The van der Waals surface area contributed by atoms with Crippen LogP contribution in [0.25, 0.3) is 0 Å². The number of nitrogens with one attached hydrogen (secondary N) is 2. The van der Waals surface area contributed by atoms with Gasteiger partial charge in [0.2, 0.25) is 11.6 Å². The van der Waals surface area contributed by atoms with Crippen LogP contribution in [0.5, 0.6) is 0 Å². The van der Waals surface area contributed by atoms with Crippen LogP contribution < -0.4 is 10.6 Å². The first-order chi connectivity index (χ1) is 11.4. The average molecular weight is 364 g/mol. The van der Waals surface area contributed by atoms with E-state index >= 15 is 0 Å². The molecule has 2 N–H and O–H groups in total. The molecule has 9 heteroatoms. The van der Waals surface area contributed by atoms with Crippen LogP contribution in [0.2, 0.25) is 5.02 Å². The van der Waals surface area contributed by atoms with Gasteiger partial charge in [-0.05, 0) is 42.1 Å². The van der Waals surface area contributed by atoms with E-state index in [0.29, 0.717) is 0 Å². The summed E-state index contributed by atoms with van der Waals surface area (Å²) in [5.74, 6) is 0.248. The molecule has 1 saturated carbocycles. The molecule has 1 aliphatic carbocycles. The number of anilines is 1. The molecule has 1 heterocycles. The second kappa shape index (κ2) is 6.33. The minimum Gasteiger partial charge on any atom is -0.396 e. The summed E-state index contributed by atoms with van der Waals surface area (Å²) in [5, 5.41) is 9.27. The standard InChI is InChI=1S/C15H17ClF3N3O2/c1-23-22-13-20-8-14(15(17,18)19,24-7-9-2-3-9)11-6-10(16)4-5-12(11)21-13/h4-6,9H,2-3,7-8H2,1H3,(H2,20,21,22). The number of oxime groups is 1. The number of ether oxygens (including phenoxy) is 1. The molecule has 24 heavy (non-hydrogen) atoms. The van der Waals surface area contributed by atoms with Gasteiger partial charge in [-0.3, -0.25) is 0 Å². The van der Waals surface area contributed by atoms with Crippen molar-refractivity contribution < 1.29 is 22.7 Å². The molecule has 1 unspecified atom stereocenters. The third-order valence-corrected chi connectivity index (χ3v) is 4.31. The van der Waals surface area contributed by atoms with Crippen molar-refractivity contribution in [2.75, 3.05) is 25.6 Å². The van der Waals surface area contributed by atoms with Crippen LogP contribution in [-0.2, 0) is 15.2 Å². The predicted molar refractivity (Wildman–Crippen MR) is 83.9 cm³/mol. The Kier molecular flexibility index (Phi) is 4.52. The summed E-state index contributed by atoms with van der Waals surface area (Å²) in [7, 11) is 1.31. The number of fused-ring (bicyclic) bond motifs is 1. The molecule has 1 atom stereocenters. The highest BCUT2D eigenvalue weighted by Crippen LogP contribution is 2.47. The van der Waals surface area contributed by atoms with E-state index in [1.165, 1.54) is 25.3 Å². The molecule has 1 fully saturated rings. The highest BCUT2D eigenvalue weighted by atomic mass is 35.5. The second-order valence-electron chi connectivity index (χ2n) is 5.87. The van der Waals surface area contributed by atoms with Crippen LogP contribution in [0.3, 0.4) is 0 Å². The fraction of sp³-hybridized carbons (Fsp3) is 0.533. The fourth-order valence-corrected chi connectivity index (χ4v) is 2.76. The van der Waals surface area contributed by atoms with Crippen LogP contribution in [0.1, 0.15) is 18.4 Å². The number of rotatable bonds is 4. The zero-order valence-corrected chi connectivity index (χ0v) is 13.7. The van der Waals surface area contributed by atoms with E-state index in [4.69, 9.17) is 16.3 Å². The number of nitrogens with zero attached hydrogens (tertiary/aromatic N) is 1. The summed E-state index contributed by atoms with van der Waals surface area (Å²) in [6.07, 6.45) is -2.87. The van der Waals surface area contributed by atoms with Gasteiger partial charge in [-0.2, -0.15) is 13.2 Å². The molecule has 0 saturated heterocycles. The van der Waals surface area contributed by atoms with Crippen molar-refractivity contribution >= 4 is 23.2 Å². The molecule has 1 aromatic rings. The van der Waals surface area contributed by atoms with E-state index in [-0.39, 0.29) is 34.8 Å². The minimum atomic E-state index is -4.64. The van der Waals surface area contributed by atoms with Crippen LogP contribution in [0.15, 0.2) is 23.4 Å². The number of hydrogen-bond donors (Lipinski definition) is 2. The third-order valence-electron chi connectivity index (χ3n) is 4.08. The Balaban J connectivity index is 2.08. The highest BCUT2D eigenvalue weighted by Gasteiger charge is 2.59. The van der Waals surface area contributed by atoms with Gasteiger partial charge in [-0.1, -0.05) is 11.6 Å². The Morgan fingerprint density at radius 3 is 2.75 bits per heavy atom. The first-order valence-electron chi connectivity index (χ1n) is 7.48. The van der Waals surface area contributed by atoms with E-state index in [1.807, 2.05) is 0 Å². The van der Waals surface area contributed by atoms with Crippen LogP contribution in [0.4, 0.5) is 18.9 Å². The lowest BCUT2D eigenvalue weighted by molar-refractivity contribution is -0.282. The first-order valence-corrected chi connectivity index (χ1v) is 7.86. The lowest BCUT2D eigenvalue weighted by atomic mass is 9.91. The molecular formula is C15H17ClF3N3O2. The normalized spacial score (nSPS) is 25.5. The molecular weight excluding hydrogens is 347 g/mol. The van der Waals surface area contributed by atoms with Crippen molar-refractivity contribution in [3.05, 3.63) is 28.8 Å². The van der Waals surface area contributed by atoms with Crippen molar-refractivity contribution in [1.82, 2.24) is 5.32 Å². The van der Waals surface area contributed by atoms with E-state index < -0.39 is 18.3 Å². The topological polar surface area (TPSA) is 54.9 Å². The molecule has 132 valence electrons. The van der Waals surface area contributed by atoms with E-state index in [0.717, 1.165) is 12.8 Å². The summed E-state index contributed by atoms with van der Waals surface area (Å²) in [4.78, 5) is 4.65. The average Bonchev–Trinajstić information content (AvgIpc) is 3.32. The first kappa shape index (κ1) is 17.2. The summed E-state index contributed by atoms with van der Waals surface area (Å²) in [5.41, 5.74) is -2.38. The summed E-state index contributed by atoms with van der Waals surface area (Å²) < 4.78 is 47.7. The molecule has 0 aromatic heterocycles. The Morgan fingerprint density at radius 2 is 2.12 bits per heavy atom. The zero-order chi connectivity index (χ0) is 17.4. The minimum absolute atomic E-state index is 0.0455. The van der Waals surface area contributed by atoms with Gasteiger partial charge in [-0.15, -0.1) is 0 Å². The Hall–Kier alpha value is -1.67. The Labute approximate surface area is 142 Å². The SMILES string of the molecule is CO/N=C1/NCC(OCC2CC2)(C(F)(F)F)c2cc(Cl)ccc2N1. The lowest BCUT2D eigenvalue weighted by Crippen LogP contribution is -2.52. The molecule has 0 radical (unpaired) electrons. The maximum Gasteiger partial charge on any atom is 0.423 e. The maximum atomic E-state index is 14.1. The highest BCUT2D eigenvalue weighted by molar-refractivity contribution is 6.30. The van der Waals surface area contributed by atoms with E-state index in [9.17, 15) is 13.2 Å². The van der Waals surface area contributed by atoms with Crippen LogP contribution in [-0.4, -0.2) is 32.4 Å². The van der Waals surface area contributed by atoms with E-state index in [2.05, 4.69) is 20.6 Å².